The fraction of sp³-hybridized carbons (Fsp3) is 0.200. The number of aromatic hydroxyl groups is 1. The highest BCUT2D eigenvalue weighted by Crippen LogP contribution is 2.36. The Morgan fingerprint density at radius 3 is 2.56 bits per heavy atom. The smallest absolute Gasteiger partial charge is 0.343 e. The number of hydrogen-bond acceptors (Lipinski definition) is 5. The van der Waals surface area contributed by atoms with Gasteiger partial charge in [0.2, 0.25) is 0 Å². The van der Waals surface area contributed by atoms with Gasteiger partial charge in [0.15, 0.2) is 0 Å². The Kier molecular flexibility index (Phi) is 4.84. The van der Waals surface area contributed by atoms with Crippen LogP contribution < -0.4 is 5.63 Å². The molecule has 1 unspecified atom stereocenters. The Bertz CT molecular complexity index is 960. The second-order valence-corrected chi connectivity index (χ2v) is 5.82. The molecule has 5 heteroatoms. The van der Waals surface area contributed by atoms with Crippen molar-refractivity contribution < 1.29 is 14.4 Å². The minimum Gasteiger partial charge on any atom is -0.507 e. The third kappa shape index (κ3) is 3.40. The number of rotatable bonds is 5. The molecule has 0 radical (unpaired) electrons. The second kappa shape index (κ2) is 7.21. The second-order valence-electron chi connectivity index (χ2n) is 5.82. The zero-order valence-corrected chi connectivity index (χ0v) is 14.1. The van der Waals surface area contributed by atoms with Crippen LogP contribution in [-0.4, -0.2) is 17.9 Å². The Morgan fingerprint density at radius 1 is 1.16 bits per heavy atom. The van der Waals surface area contributed by atoms with Crippen molar-refractivity contribution in [2.45, 2.75) is 19.3 Å². The van der Waals surface area contributed by atoms with Crippen LogP contribution in [0.3, 0.4) is 0 Å². The van der Waals surface area contributed by atoms with E-state index < -0.39 is 5.63 Å². The van der Waals surface area contributed by atoms with Gasteiger partial charge in [-0.25, -0.2) is 4.79 Å². The number of hydrogen-bond donors (Lipinski definition) is 1. The summed E-state index contributed by atoms with van der Waals surface area (Å²) in [5.41, 5.74) is 1.66. The summed E-state index contributed by atoms with van der Waals surface area (Å²) in [6.07, 6.45) is 0.425. The van der Waals surface area contributed by atoms with Crippen LogP contribution in [0.4, 0.5) is 0 Å². The molecule has 3 aromatic rings. The molecular formula is C20H19NO4. The molecule has 1 aromatic heterocycles. The summed E-state index contributed by atoms with van der Waals surface area (Å²) in [5, 5.41) is 15.2. The highest BCUT2D eigenvalue weighted by Gasteiger charge is 2.25. The molecule has 0 spiro atoms. The van der Waals surface area contributed by atoms with Crippen molar-refractivity contribution in [2.24, 2.45) is 5.16 Å². The summed E-state index contributed by atoms with van der Waals surface area (Å²) >= 11 is 0. The van der Waals surface area contributed by atoms with E-state index in [9.17, 15) is 9.90 Å². The van der Waals surface area contributed by atoms with Crippen LogP contribution in [0.25, 0.3) is 11.0 Å². The monoisotopic (exact) mass is 337 g/mol. The average Bonchev–Trinajstić information content (AvgIpc) is 2.62. The summed E-state index contributed by atoms with van der Waals surface area (Å²) in [6, 6.07) is 16.5. The van der Waals surface area contributed by atoms with E-state index >= 15 is 0 Å². The van der Waals surface area contributed by atoms with Gasteiger partial charge in [-0.1, -0.05) is 47.6 Å². The van der Waals surface area contributed by atoms with Gasteiger partial charge in [0.25, 0.3) is 0 Å². The van der Waals surface area contributed by atoms with Gasteiger partial charge in [0.1, 0.15) is 18.4 Å². The fourth-order valence-corrected chi connectivity index (χ4v) is 3.02. The fourth-order valence-electron chi connectivity index (χ4n) is 3.02. The summed E-state index contributed by atoms with van der Waals surface area (Å²) < 4.78 is 5.43. The predicted octanol–water partition coefficient (Wildman–Crippen LogP) is 4.04. The number of fused-ring (bicyclic) bond motifs is 1. The van der Waals surface area contributed by atoms with E-state index in [-0.39, 0.29) is 17.2 Å². The summed E-state index contributed by atoms with van der Waals surface area (Å²) in [7, 11) is 1.48. The third-order valence-electron chi connectivity index (χ3n) is 4.12. The summed E-state index contributed by atoms with van der Waals surface area (Å²) in [4.78, 5) is 17.4. The van der Waals surface area contributed by atoms with Crippen LogP contribution >= 0.6 is 0 Å². The number of benzene rings is 2. The van der Waals surface area contributed by atoms with Gasteiger partial charge in [0.05, 0.1) is 16.7 Å². The minimum atomic E-state index is -0.546. The van der Waals surface area contributed by atoms with Crippen molar-refractivity contribution in [1.29, 1.82) is 0 Å². The number of nitrogens with zero attached hydrogens (tertiary/aromatic N) is 1. The van der Waals surface area contributed by atoms with E-state index in [1.165, 1.54) is 7.11 Å². The molecule has 0 amide bonds. The van der Waals surface area contributed by atoms with Crippen LogP contribution in [0.15, 0.2) is 69.0 Å². The van der Waals surface area contributed by atoms with Crippen LogP contribution in [-0.2, 0) is 4.84 Å². The van der Waals surface area contributed by atoms with Gasteiger partial charge >= 0.3 is 5.63 Å². The van der Waals surface area contributed by atoms with Crippen molar-refractivity contribution >= 4 is 16.7 Å². The van der Waals surface area contributed by atoms with Crippen molar-refractivity contribution in [2.75, 3.05) is 7.11 Å². The summed E-state index contributed by atoms with van der Waals surface area (Å²) in [6.45, 7) is 1.82. The first-order valence-corrected chi connectivity index (χ1v) is 7.98. The van der Waals surface area contributed by atoms with Gasteiger partial charge < -0.3 is 14.4 Å². The van der Waals surface area contributed by atoms with Crippen molar-refractivity contribution in [3.63, 3.8) is 0 Å². The van der Waals surface area contributed by atoms with E-state index in [0.717, 1.165) is 5.56 Å². The van der Waals surface area contributed by atoms with E-state index in [4.69, 9.17) is 9.25 Å². The quantitative estimate of drug-likeness (QED) is 0.433. The number of oxime groups is 1. The van der Waals surface area contributed by atoms with Crippen LogP contribution in [0.2, 0.25) is 0 Å². The molecule has 1 N–H and O–H groups in total. The molecule has 0 saturated heterocycles. The van der Waals surface area contributed by atoms with Crippen molar-refractivity contribution in [3.8, 4) is 5.75 Å². The van der Waals surface area contributed by atoms with Crippen LogP contribution in [0.5, 0.6) is 5.75 Å². The molecule has 0 aliphatic rings. The van der Waals surface area contributed by atoms with E-state index in [1.54, 1.807) is 24.3 Å². The first-order valence-electron chi connectivity index (χ1n) is 7.98. The maximum Gasteiger partial charge on any atom is 0.343 e. The van der Waals surface area contributed by atoms with Crippen molar-refractivity contribution in [1.82, 2.24) is 0 Å². The molecule has 0 bridgehead atoms. The van der Waals surface area contributed by atoms with Crippen LogP contribution in [0.1, 0.15) is 30.4 Å². The lowest BCUT2D eigenvalue weighted by molar-refractivity contribution is 0.212. The lowest BCUT2D eigenvalue weighted by atomic mass is 9.87. The van der Waals surface area contributed by atoms with Gasteiger partial charge in [-0.05, 0) is 24.6 Å². The van der Waals surface area contributed by atoms with Gasteiger partial charge in [-0.2, -0.15) is 0 Å². The van der Waals surface area contributed by atoms with E-state index in [1.807, 2.05) is 37.3 Å². The molecule has 1 heterocycles. The zero-order chi connectivity index (χ0) is 17.8. The highest BCUT2D eigenvalue weighted by atomic mass is 16.6. The van der Waals surface area contributed by atoms with E-state index in [0.29, 0.717) is 23.1 Å². The molecule has 0 aliphatic heterocycles. The van der Waals surface area contributed by atoms with Gasteiger partial charge in [0, 0.05) is 12.3 Å². The predicted molar refractivity (Wildman–Crippen MR) is 97.2 cm³/mol. The molecule has 25 heavy (non-hydrogen) atoms. The molecule has 3 rings (SSSR count). The maximum atomic E-state index is 12.6. The first kappa shape index (κ1) is 16.8. The SMILES string of the molecule is CO/N=C(/C)CC(c1ccccc1)c1c(O)c2ccccc2oc1=O. The highest BCUT2D eigenvalue weighted by molar-refractivity contribution is 5.86. The first-order chi connectivity index (χ1) is 12.1. The Balaban J connectivity index is 2.21. The Labute approximate surface area is 145 Å². The van der Waals surface area contributed by atoms with Crippen molar-refractivity contribution in [3.05, 3.63) is 76.1 Å². The Morgan fingerprint density at radius 2 is 1.84 bits per heavy atom. The molecule has 0 aliphatic carbocycles. The lowest BCUT2D eigenvalue weighted by Gasteiger charge is -2.18. The average molecular weight is 337 g/mol. The third-order valence-corrected chi connectivity index (χ3v) is 4.12. The topological polar surface area (TPSA) is 72.0 Å². The summed E-state index contributed by atoms with van der Waals surface area (Å²) in [5.74, 6) is -0.438. The molecular weight excluding hydrogens is 318 g/mol. The van der Waals surface area contributed by atoms with E-state index in [2.05, 4.69) is 5.16 Å². The van der Waals surface area contributed by atoms with Gasteiger partial charge in [-0.3, -0.25) is 0 Å². The molecule has 5 nitrogen and oxygen atoms in total. The minimum absolute atomic E-state index is 0.0501. The molecule has 128 valence electrons. The molecule has 0 fully saturated rings. The van der Waals surface area contributed by atoms with Gasteiger partial charge in [-0.15, -0.1) is 0 Å². The normalized spacial score (nSPS) is 13.0. The zero-order valence-electron chi connectivity index (χ0n) is 14.1. The lowest BCUT2D eigenvalue weighted by Crippen LogP contribution is -2.16. The standard InChI is InChI=1S/C20H19NO4/c1-13(21-24-2)12-16(14-8-4-3-5-9-14)18-19(22)15-10-6-7-11-17(15)25-20(18)23/h3-11,16,22H,12H2,1-2H3/b21-13-. The maximum absolute atomic E-state index is 12.6. The molecule has 1 atom stereocenters. The van der Waals surface area contributed by atoms with Crippen LogP contribution in [0, 0.1) is 0 Å². The Hall–Kier alpha value is -3.08. The molecule has 2 aromatic carbocycles. The molecule has 0 saturated carbocycles. The largest absolute Gasteiger partial charge is 0.507 e. The number of para-hydroxylation sites is 1.